The number of hydrogen-bond acceptors (Lipinski definition) is 1. The zero-order chi connectivity index (χ0) is 21.5. The molecule has 0 bridgehead atoms. The van der Waals surface area contributed by atoms with Crippen LogP contribution in [0.3, 0.4) is 0 Å². The highest BCUT2D eigenvalue weighted by Crippen LogP contribution is 2.59. The van der Waals surface area contributed by atoms with Crippen molar-refractivity contribution in [3.05, 3.63) is 147 Å². The van der Waals surface area contributed by atoms with Crippen molar-refractivity contribution >= 4 is 22.6 Å². The van der Waals surface area contributed by atoms with Crippen molar-refractivity contribution in [2.75, 3.05) is 0 Å². The summed E-state index contributed by atoms with van der Waals surface area (Å²) in [6.45, 7) is 0. The van der Waals surface area contributed by atoms with E-state index in [9.17, 15) is 0 Å². The largest absolute Gasteiger partial charge is 0.256 e. The van der Waals surface area contributed by atoms with Crippen molar-refractivity contribution in [2.24, 2.45) is 0 Å². The number of halogens is 1. The molecule has 2 heteroatoms. The van der Waals surface area contributed by atoms with E-state index in [0.717, 1.165) is 5.69 Å². The van der Waals surface area contributed by atoms with E-state index < -0.39 is 5.41 Å². The Kier molecular flexibility index (Phi) is 4.69. The summed E-state index contributed by atoms with van der Waals surface area (Å²) >= 11 is 2.49. The van der Waals surface area contributed by atoms with Gasteiger partial charge >= 0.3 is 0 Å². The number of benzene rings is 4. The standard InChI is InChI=1S/C30H20IN/c31-26-19-18-24(27-17-9-10-20-32-27)29-28(26)23-15-7-8-16-25(23)30(29,21-11-3-1-4-12-21)22-13-5-2-6-14-22/h1-20H. The molecule has 0 spiro atoms. The molecule has 0 atom stereocenters. The van der Waals surface area contributed by atoms with Gasteiger partial charge < -0.3 is 0 Å². The summed E-state index contributed by atoms with van der Waals surface area (Å²) in [6, 6.07) is 41.4. The van der Waals surface area contributed by atoms with E-state index in [1.165, 1.54) is 42.5 Å². The molecule has 0 N–H and O–H groups in total. The van der Waals surface area contributed by atoms with Crippen LogP contribution in [-0.2, 0) is 5.41 Å². The third-order valence-electron chi connectivity index (χ3n) is 6.48. The van der Waals surface area contributed by atoms with Gasteiger partial charge in [-0.05, 0) is 68.6 Å². The molecule has 1 aliphatic carbocycles. The van der Waals surface area contributed by atoms with Crippen LogP contribution in [0.1, 0.15) is 22.3 Å². The summed E-state index contributed by atoms with van der Waals surface area (Å²) in [4.78, 5) is 4.77. The average Bonchev–Trinajstić information content (AvgIpc) is 3.19. The summed E-state index contributed by atoms with van der Waals surface area (Å²) < 4.78 is 1.26. The summed E-state index contributed by atoms with van der Waals surface area (Å²) in [5.41, 5.74) is 9.59. The first-order valence-electron chi connectivity index (χ1n) is 10.8. The Labute approximate surface area is 202 Å². The number of hydrogen-bond donors (Lipinski definition) is 0. The molecule has 1 aliphatic rings. The zero-order valence-electron chi connectivity index (χ0n) is 17.4. The van der Waals surface area contributed by atoms with Crippen LogP contribution < -0.4 is 0 Å². The number of nitrogens with zero attached hydrogens (tertiary/aromatic N) is 1. The summed E-state index contributed by atoms with van der Waals surface area (Å²) in [5, 5.41) is 0. The highest BCUT2D eigenvalue weighted by Gasteiger charge is 2.48. The maximum absolute atomic E-state index is 4.77. The molecule has 1 nitrogen and oxygen atoms in total. The molecule has 0 radical (unpaired) electrons. The smallest absolute Gasteiger partial charge is 0.0720 e. The third-order valence-corrected chi connectivity index (χ3v) is 7.38. The topological polar surface area (TPSA) is 12.9 Å². The van der Waals surface area contributed by atoms with Gasteiger partial charge in [-0.3, -0.25) is 4.98 Å². The van der Waals surface area contributed by atoms with Gasteiger partial charge in [-0.25, -0.2) is 0 Å². The lowest BCUT2D eigenvalue weighted by molar-refractivity contribution is 0.769. The Morgan fingerprint density at radius 1 is 0.562 bits per heavy atom. The fourth-order valence-electron chi connectivity index (χ4n) is 5.27. The molecule has 1 heterocycles. The average molecular weight is 521 g/mol. The normalized spacial score (nSPS) is 13.4. The van der Waals surface area contributed by atoms with Crippen LogP contribution in [0.4, 0.5) is 0 Å². The highest BCUT2D eigenvalue weighted by molar-refractivity contribution is 14.1. The number of rotatable bonds is 3. The van der Waals surface area contributed by atoms with Crippen LogP contribution in [0, 0.1) is 3.57 Å². The molecule has 4 aromatic carbocycles. The Balaban J connectivity index is 1.85. The Hall–Kier alpha value is -3.24. The van der Waals surface area contributed by atoms with Crippen LogP contribution in [0.15, 0.2) is 121 Å². The van der Waals surface area contributed by atoms with Crippen LogP contribution >= 0.6 is 22.6 Å². The van der Waals surface area contributed by atoms with E-state index in [-0.39, 0.29) is 0 Å². The van der Waals surface area contributed by atoms with Crippen LogP contribution in [0.25, 0.3) is 22.4 Å². The lowest BCUT2D eigenvalue weighted by atomic mass is 9.66. The lowest BCUT2D eigenvalue weighted by Crippen LogP contribution is -2.29. The minimum absolute atomic E-state index is 0.414. The van der Waals surface area contributed by atoms with E-state index in [2.05, 4.69) is 132 Å². The molecule has 1 aromatic heterocycles. The van der Waals surface area contributed by atoms with Crippen molar-refractivity contribution < 1.29 is 0 Å². The van der Waals surface area contributed by atoms with Gasteiger partial charge in [-0.1, -0.05) is 97.1 Å². The van der Waals surface area contributed by atoms with Crippen molar-refractivity contribution in [3.8, 4) is 22.4 Å². The highest BCUT2D eigenvalue weighted by atomic mass is 127. The van der Waals surface area contributed by atoms with Crippen molar-refractivity contribution in [3.63, 3.8) is 0 Å². The predicted molar refractivity (Wildman–Crippen MR) is 140 cm³/mol. The molecular formula is C30H20IN. The maximum Gasteiger partial charge on any atom is 0.0720 e. The van der Waals surface area contributed by atoms with Gasteiger partial charge in [0.1, 0.15) is 0 Å². The first-order chi connectivity index (χ1) is 15.8. The molecule has 32 heavy (non-hydrogen) atoms. The van der Waals surface area contributed by atoms with Crippen LogP contribution in [0.5, 0.6) is 0 Å². The number of fused-ring (bicyclic) bond motifs is 3. The van der Waals surface area contributed by atoms with Crippen molar-refractivity contribution in [2.45, 2.75) is 5.41 Å². The van der Waals surface area contributed by atoms with Crippen molar-refractivity contribution in [1.29, 1.82) is 0 Å². The molecule has 0 aliphatic heterocycles. The minimum atomic E-state index is -0.414. The number of pyridine rings is 1. The number of aromatic nitrogens is 1. The quantitative estimate of drug-likeness (QED) is 0.217. The van der Waals surface area contributed by atoms with Gasteiger partial charge in [0.2, 0.25) is 0 Å². The van der Waals surface area contributed by atoms with Crippen LogP contribution in [-0.4, -0.2) is 4.98 Å². The zero-order valence-corrected chi connectivity index (χ0v) is 19.5. The summed E-state index contributed by atoms with van der Waals surface area (Å²) in [7, 11) is 0. The van der Waals surface area contributed by atoms with Gasteiger partial charge in [0, 0.05) is 20.9 Å². The molecule has 152 valence electrons. The fraction of sp³-hybridized carbons (Fsp3) is 0.0333. The molecule has 5 aromatic rings. The second-order valence-corrected chi connectivity index (χ2v) is 9.25. The SMILES string of the molecule is Ic1ccc(-c2ccccn2)c2c1-c1ccccc1C2(c1ccccc1)c1ccccc1. The van der Waals surface area contributed by atoms with Crippen LogP contribution in [0.2, 0.25) is 0 Å². The van der Waals surface area contributed by atoms with E-state index in [1.54, 1.807) is 0 Å². The Morgan fingerprint density at radius 2 is 1.19 bits per heavy atom. The lowest BCUT2D eigenvalue weighted by Gasteiger charge is -2.35. The fourth-order valence-corrected chi connectivity index (χ4v) is 6.01. The predicted octanol–water partition coefficient (Wildman–Crippen LogP) is 7.72. The third kappa shape index (κ3) is 2.72. The second-order valence-electron chi connectivity index (χ2n) is 8.09. The van der Waals surface area contributed by atoms with Crippen molar-refractivity contribution in [1.82, 2.24) is 4.98 Å². The molecule has 0 unspecified atom stereocenters. The van der Waals surface area contributed by atoms with Gasteiger partial charge in [-0.2, -0.15) is 0 Å². The first kappa shape index (κ1) is 19.4. The monoisotopic (exact) mass is 521 g/mol. The van der Waals surface area contributed by atoms with E-state index in [0.29, 0.717) is 0 Å². The van der Waals surface area contributed by atoms with E-state index >= 15 is 0 Å². The van der Waals surface area contributed by atoms with Gasteiger partial charge in [0.25, 0.3) is 0 Å². The minimum Gasteiger partial charge on any atom is -0.256 e. The summed E-state index contributed by atoms with van der Waals surface area (Å²) in [6.07, 6.45) is 1.88. The molecule has 6 rings (SSSR count). The van der Waals surface area contributed by atoms with Gasteiger partial charge in [0.15, 0.2) is 0 Å². The molecule has 0 fully saturated rings. The van der Waals surface area contributed by atoms with E-state index in [4.69, 9.17) is 4.98 Å². The second kappa shape index (κ2) is 7.72. The Bertz CT molecular complexity index is 1370. The van der Waals surface area contributed by atoms with E-state index in [1.807, 2.05) is 12.3 Å². The van der Waals surface area contributed by atoms with Gasteiger partial charge in [-0.15, -0.1) is 0 Å². The molecule has 0 amide bonds. The Morgan fingerprint density at radius 3 is 1.84 bits per heavy atom. The van der Waals surface area contributed by atoms with Gasteiger partial charge in [0.05, 0.1) is 11.1 Å². The molecular weight excluding hydrogens is 501 g/mol. The maximum atomic E-state index is 4.77. The molecule has 0 saturated carbocycles. The summed E-state index contributed by atoms with van der Waals surface area (Å²) in [5.74, 6) is 0. The first-order valence-corrected chi connectivity index (χ1v) is 11.8. The molecule has 0 saturated heterocycles.